The van der Waals surface area contributed by atoms with Crippen LogP contribution in [-0.2, 0) is 43.9 Å². The molecule has 3 heteroatoms. The molecule has 1 aromatic heterocycles. The quantitative estimate of drug-likeness (QED) is 0.825. The third kappa shape index (κ3) is 2.13. The number of hydrogen-bond acceptors (Lipinski definition) is 1. The fourth-order valence-corrected chi connectivity index (χ4v) is 1.52. The Labute approximate surface area is 108 Å². The summed E-state index contributed by atoms with van der Waals surface area (Å²) >= 11 is 0. The number of hydrogen-bond donors (Lipinski definition) is 1. The maximum absolute atomic E-state index is 10.2. The van der Waals surface area contributed by atoms with Gasteiger partial charge in [-0.2, -0.15) is 0 Å². The molecule has 1 N–H and O–H groups in total. The van der Waals surface area contributed by atoms with Gasteiger partial charge in [0.2, 0.25) is 0 Å². The van der Waals surface area contributed by atoms with E-state index in [1.807, 2.05) is 31.5 Å². The molecule has 0 aliphatic heterocycles. The van der Waals surface area contributed by atoms with Crippen molar-refractivity contribution in [3.05, 3.63) is 35.5 Å². The molecule has 0 atom stereocenters. The van der Waals surface area contributed by atoms with Crippen LogP contribution in [-0.4, -0.2) is 11.3 Å². The molecule has 14 heavy (non-hydrogen) atoms. The Hall–Kier alpha value is -0.466. The number of fused-ring (bicyclic) bond motifs is 1. The SMILES string of the molecule is Cc1ccc2c(C[C-]=O)c[nH]c2c1.[Y]. The Bertz CT molecular complexity index is 447. The molecule has 0 aliphatic carbocycles. The molecule has 0 fully saturated rings. The van der Waals surface area contributed by atoms with Gasteiger partial charge in [-0.15, -0.1) is 6.42 Å². The van der Waals surface area contributed by atoms with Gasteiger partial charge in [-0.1, -0.05) is 12.1 Å². The van der Waals surface area contributed by atoms with Crippen LogP contribution in [0.5, 0.6) is 0 Å². The summed E-state index contributed by atoms with van der Waals surface area (Å²) in [4.78, 5) is 13.4. The van der Waals surface area contributed by atoms with Gasteiger partial charge >= 0.3 is 0 Å². The summed E-state index contributed by atoms with van der Waals surface area (Å²) in [6, 6.07) is 6.15. The normalized spacial score (nSPS) is 9.79. The zero-order valence-corrected chi connectivity index (χ0v) is 10.8. The van der Waals surface area contributed by atoms with Crippen molar-refractivity contribution in [3.63, 3.8) is 0 Å². The van der Waals surface area contributed by atoms with Gasteiger partial charge in [0, 0.05) is 49.8 Å². The van der Waals surface area contributed by atoms with E-state index in [1.165, 1.54) is 5.56 Å². The van der Waals surface area contributed by atoms with E-state index in [4.69, 9.17) is 0 Å². The van der Waals surface area contributed by atoms with Crippen molar-refractivity contribution in [1.29, 1.82) is 0 Å². The van der Waals surface area contributed by atoms with Crippen molar-refractivity contribution in [2.24, 2.45) is 0 Å². The van der Waals surface area contributed by atoms with Crippen LogP contribution in [0.2, 0.25) is 0 Å². The molecule has 1 aromatic carbocycles. The monoisotopic (exact) mass is 261 g/mol. The molecular formula is C11H10NOY-. The van der Waals surface area contributed by atoms with Crippen molar-refractivity contribution in [3.8, 4) is 0 Å². The molecule has 0 aliphatic rings. The molecule has 2 rings (SSSR count). The molecule has 2 aromatic rings. The summed E-state index contributed by atoms with van der Waals surface area (Å²) in [6.45, 7) is 2.05. The minimum Gasteiger partial charge on any atom is -0.541 e. The largest absolute Gasteiger partial charge is 0.541 e. The molecule has 0 saturated carbocycles. The topological polar surface area (TPSA) is 32.9 Å². The number of rotatable bonds is 2. The summed E-state index contributed by atoms with van der Waals surface area (Å²) in [5.74, 6) is 0. The van der Waals surface area contributed by atoms with E-state index in [0.29, 0.717) is 6.42 Å². The third-order valence-corrected chi connectivity index (χ3v) is 2.19. The molecule has 0 amide bonds. The second kappa shape index (κ2) is 4.85. The van der Waals surface area contributed by atoms with E-state index in [9.17, 15) is 4.79 Å². The molecule has 0 spiro atoms. The van der Waals surface area contributed by atoms with Crippen molar-refractivity contribution < 1.29 is 37.5 Å². The Morgan fingerprint density at radius 1 is 1.43 bits per heavy atom. The van der Waals surface area contributed by atoms with E-state index in [2.05, 4.69) is 11.1 Å². The molecule has 0 bridgehead atoms. The van der Waals surface area contributed by atoms with Crippen molar-refractivity contribution in [1.82, 2.24) is 4.98 Å². The number of benzene rings is 1. The van der Waals surface area contributed by atoms with Crippen LogP contribution in [0.15, 0.2) is 24.4 Å². The third-order valence-electron chi connectivity index (χ3n) is 2.19. The van der Waals surface area contributed by atoms with Gasteiger partial charge in [0.15, 0.2) is 0 Å². The first-order valence-electron chi connectivity index (χ1n) is 4.23. The van der Waals surface area contributed by atoms with Crippen LogP contribution in [0.25, 0.3) is 10.9 Å². The van der Waals surface area contributed by atoms with Crippen LogP contribution >= 0.6 is 0 Å². The molecule has 69 valence electrons. The fourth-order valence-electron chi connectivity index (χ4n) is 1.52. The number of aryl methyl sites for hydroxylation is 1. The summed E-state index contributed by atoms with van der Waals surface area (Å²) < 4.78 is 0. The minimum absolute atomic E-state index is 0. The first-order valence-corrected chi connectivity index (χ1v) is 4.23. The predicted molar refractivity (Wildman–Crippen MR) is 52.4 cm³/mol. The zero-order chi connectivity index (χ0) is 9.26. The van der Waals surface area contributed by atoms with Crippen molar-refractivity contribution >= 4 is 17.2 Å². The molecule has 2 nitrogen and oxygen atoms in total. The standard InChI is InChI=1S/C11H10NO.Y/c1-8-2-3-10-9(4-5-13)7-12-11(10)6-8;/h2-3,6-7,12H,4H2,1H3;/q-1;. The predicted octanol–water partition coefficient (Wildman–Crippen LogP) is 2.13. The average molecular weight is 261 g/mol. The molecule has 1 heterocycles. The first kappa shape index (κ1) is 11.6. The number of aromatic amines is 1. The van der Waals surface area contributed by atoms with E-state index in [0.717, 1.165) is 16.5 Å². The summed E-state index contributed by atoms with van der Waals surface area (Å²) in [5, 5.41) is 1.12. The van der Waals surface area contributed by atoms with E-state index < -0.39 is 0 Å². The molecule has 0 unspecified atom stereocenters. The Morgan fingerprint density at radius 2 is 2.21 bits per heavy atom. The number of aromatic nitrogens is 1. The number of carbonyl (C=O) groups excluding carboxylic acids is 1. The van der Waals surface area contributed by atoms with Gasteiger partial charge in [-0.25, -0.2) is 0 Å². The van der Waals surface area contributed by atoms with Crippen LogP contribution in [0.4, 0.5) is 0 Å². The van der Waals surface area contributed by atoms with Gasteiger partial charge < -0.3 is 9.78 Å². The second-order valence-electron chi connectivity index (χ2n) is 3.18. The van der Waals surface area contributed by atoms with Crippen LogP contribution < -0.4 is 0 Å². The Balaban J connectivity index is 0.000000980. The fraction of sp³-hybridized carbons (Fsp3) is 0.182. The Morgan fingerprint density at radius 3 is 2.93 bits per heavy atom. The average Bonchev–Trinajstić information content (AvgIpc) is 2.49. The van der Waals surface area contributed by atoms with E-state index in [-0.39, 0.29) is 32.7 Å². The summed E-state index contributed by atoms with van der Waals surface area (Å²) in [7, 11) is 0. The van der Waals surface area contributed by atoms with Crippen LogP contribution in [0.3, 0.4) is 0 Å². The molecular weight excluding hydrogens is 251 g/mol. The van der Waals surface area contributed by atoms with Gasteiger partial charge in [0.05, 0.1) is 0 Å². The van der Waals surface area contributed by atoms with Crippen molar-refractivity contribution in [2.45, 2.75) is 13.3 Å². The number of H-pyrrole nitrogens is 1. The van der Waals surface area contributed by atoms with Gasteiger partial charge in [0.1, 0.15) is 0 Å². The maximum atomic E-state index is 10.2. The first-order chi connectivity index (χ1) is 6.31. The minimum atomic E-state index is 0. The maximum Gasteiger partial charge on any atom is 0.0458 e. The number of nitrogens with one attached hydrogen (secondary N) is 1. The molecule has 0 saturated heterocycles. The van der Waals surface area contributed by atoms with Gasteiger partial charge in [0.25, 0.3) is 0 Å². The van der Waals surface area contributed by atoms with Crippen molar-refractivity contribution in [2.75, 3.05) is 0 Å². The summed E-state index contributed by atoms with van der Waals surface area (Å²) in [6.07, 6.45) is 4.14. The van der Waals surface area contributed by atoms with E-state index in [1.54, 1.807) is 0 Å². The summed E-state index contributed by atoms with van der Waals surface area (Å²) in [5.41, 5.74) is 3.33. The smallest absolute Gasteiger partial charge is 0.0458 e. The van der Waals surface area contributed by atoms with Crippen LogP contribution in [0, 0.1) is 6.92 Å². The van der Waals surface area contributed by atoms with Gasteiger partial charge in [-0.3, -0.25) is 6.29 Å². The second-order valence-corrected chi connectivity index (χ2v) is 3.18. The van der Waals surface area contributed by atoms with Gasteiger partial charge in [-0.05, 0) is 24.1 Å². The molecule has 1 radical (unpaired) electrons. The zero-order valence-electron chi connectivity index (χ0n) is 8.00. The Kier molecular flexibility index (Phi) is 4.02. The van der Waals surface area contributed by atoms with E-state index >= 15 is 0 Å². The van der Waals surface area contributed by atoms with Crippen LogP contribution in [0.1, 0.15) is 11.1 Å².